The molecule has 1 aromatic rings. The van der Waals surface area contributed by atoms with Crippen LogP contribution in [-0.4, -0.2) is 29.0 Å². The normalized spacial score (nSPS) is 17.7. The maximum atomic E-state index is 11.7. The van der Waals surface area contributed by atoms with Crippen LogP contribution in [0.25, 0.3) is 0 Å². The maximum absolute atomic E-state index is 11.7. The number of carbonyl (C=O) groups is 1. The first-order chi connectivity index (χ1) is 9.84. The fourth-order valence-corrected chi connectivity index (χ4v) is 2.23. The number of nitrogens with one attached hydrogen (secondary N) is 2. The number of rotatable bonds is 7. The third-order valence-corrected chi connectivity index (χ3v) is 3.40. The second-order valence-corrected chi connectivity index (χ2v) is 5.06. The van der Waals surface area contributed by atoms with Crippen LogP contribution in [0, 0.1) is 5.92 Å². The van der Waals surface area contributed by atoms with E-state index >= 15 is 0 Å². The lowest BCUT2D eigenvalue weighted by Crippen LogP contribution is -2.29. The summed E-state index contributed by atoms with van der Waals surface area (Å²) in [5, 5.41) is 6.11. The van der Waals surface area contributed by atoms with Gasteiger partial charge in [-0.2, -0.15) is 0 Å². The van der Waals surface area contributed by atoms with Gasteiger partial charge < -0.3 is 10.6 Å². The topological polar surface area (TPSA) is 66.9 Å². The molecule has 20 heavy (non-hydrogen) atoms. The molecule has 1 aliphatic carbocycles. The van der Waals surface area contributed by atoms with Gasteiger partial charge in [-0.05, 0) is 37.7 Å². The predicted octanol–water partition coefficient (Wildman–Crippen LogP) is 2.14. The molecule has 1 amide bonds. The van der Waals surface area contributed by atoms with Crippen LogP contribution >= 0.6 is 0 Å². The average molecular weight is 274 g/mol. The van der Waals surface area contributed by atoms with Crippen molar-refractivity contribution in [3.8, 4) is 0 Å². The number of nitrogens with zero attached hydrogens (tertiary/aromatic N) is 2. The van der Waals surface area contributed by atoms with Crippen molar-refractivity contribution in [3.05, 3.63) is 30.6 Å². The van der Waals surface area contributed by atoms with Crippen LogP contribution in [0.5, 0.6) is 0 Å². The Morgan fingerprint density at radius 3 is 2.90 bits per heavy atom. The lowest BCUT2D eigenvalue weighted by atomic mass is 9.94. The van der Waals surface area contributed by atoms with E-state index in [-0.39, 0.29) is 5.91 Å². The molecule has 1 aromatic heterocycles. The number of anilines is 1. The molecule has 2 rings (SSSR count). The summed E-state index contributed by atoms with van der Waals surface area (Å²) in [5.41, 5.74) is 0. The number of hydrogen-bond acceptors (Lipinski definition) is 4. The third-order valence-electron chi connectivity index (χ3n) is 3.40. The Bertz CT molecular complexity index is 433. The smallest absolute Gasteiger partial charge is 0.222 e. The van der Waals surface area contributed by atoms with E-state index in [0.29, 0.717) is 24.8 Å². The van der Waals surface area contributed by atoms with E-state index in [2.05, 4.69) is 32.8 Å². The average Bonchev–Trinajstić information content (AvgIpc) is 2.52. The molecule has 0 aromatic carbocycles. The van der Waals surface area contributed by atoms with E-state index in [4.69, 9.17) is 0 Å². The maximum Gasteiger partial charge on any atom is 0.222 e. The van der Waals surface area contributed by atoms with E-state index in [9.17, 15) is 4.79 Å². The Morgan fingerprint density at radius 2 is 2.15 bits per heavy atom. The molecule has 5 nitrogen and oxygen atoms in total. The first-order valence-electron chi connectivity index (χ1n) is 7.27. The van der Waals surface area contributed by atoms with E-state index in [0.717, 1.165) is 25.8 Å². The van der Waals surface area contributed by atoms with Gasteiger partial charge in [-0.1, -0.05) is 12.2 Å². The molecule has 0 saturated heterocycles. The summed E-state index contributed by atoms with van der Waals surface area (Å²) in [5.74, 6) is 1.36. The van der Waals surface area contributed by atoms with Crippen molar-refractivity contribution in [1.82, 2.24) is 15.3 Å². The van der Waals surface area contributed by atoms with Gasteiger partial charge in [0.05, 0.1) is 0 Å². The molecule has 0 aliphatic heterocycles. The van der Waals surface area contributed by atoms with Crippen LogP contribution in [0.4, 0.5) is 5.95 Å². The Morgan fingerprint density at radius 1 is 1.30 bits per heavy atom. The fraction of sp³-hybridized carbons (Fsp3) is 0.533. The summed E-state index contributed by atoms with van der Waals surface area (Å²) in [4.78, 5) is 19.8. The molecule has 0 spiro atoms. The Labute approximate surface area is 119 Å². The molecular weight excluding hydrogens is 252 g/mol. The molecule has 2 N–H and O–H groups in total. The Kier molecular flexibility index (Phi) is 6.02. The van der Waals surface area contributed by atoms with Crippen molar-refractivity contribution in [2.75, 3.05) is 18.4 Å². The zero-order valence-electron chi connectivity index (χ0n) is 11.7. The molecule has 0 fully saturated rings. The summed E-state index contributed by atoms with van der Waals surface area (Å²) in [6.45, 7) is 1.52. The second kappa shape index (κ2) is 8.30. The molecule has 5 heteroatoms. The summed E-state index contributed by atoms with van der Waals surface area (Å²) < 4.78 is 0. The van der Waals surface area contributed by atoms with Gasteiger partial charge in [0.15, 0.2) is 0 Å². The highest BCUT2D eigenvalue weighted by Crippen LogP contribution is 2.16. The summed E-state index contributed by atoms with van der Waals surface area (Å²) >= 11 is 0. The number of allylic oxidation sites excluding steroid dienone is 2. The van der Waals surface area contributed by atoms with Crippen LogP contribution < -0.4 is 10.6 Å². The van der Waals surface area contributed by atoms with Gasteiger partial charge in [0.25, 0.3) is 0 Å². The zero-order valence-corrected chi connectivity index (χ0v) is 11.7. The SMILES string of the molecule is O=C(CCCNc1ncccn1)NC[C@H]1CC=CCC1. The quantitative estimate of drug-likeness (QED) is 0.590. The van der Waals surface area contributed by atoms with Crippen LogP contribution in [-0.2, 0) is 4.79 Å². The molecule has 0 saturated carbocycles. The molecule has 0 bridgehead atoms. The molecule has 108 valence electrons. The van der Waals surface area contributed by atoms with Crippen molar-refractivity contribution >= 4 is 11.9 Å². The van der Waals surface area contributed by atoms with Crippen molar-refractivity contribution in [3.63, 3.8) is 0 Å². The van der Waals surface area contributed by atoms with Crippen LogP contribution in [0.3, 0.4) is 0 Å². The van der Waals surface area contributed by atoms with Gasteiger partial charge in [-0.15, -0.1) is 0 Å². The number of aromatic nitrogens is 2. The van der Waals surface area contributed by atoms with Gasteiger partial charge in [0, 0.05) is 31.9 Å². The summed E-state index contributed by atoms with van der Waals surface area (Å²) in [6, 6.07) is 1.78. The van der Waals surface area contributed by atoms with Crippen molar-refractivity contribution in [2.45, 2.75) is 32.1 Å². The van der Waals surface area contributed by atoms with Crippen LogP contribution in [0.15, 0.2) is 30.6 Å². The minimum atomic E-state index is 0.135. The van der Waals surface area contributed by atoms with Gasteiger partial charge in [-0.25, -0.2) is 9.97 Å². The van der Waals surface area contributed by atoms with E-state index < -0.39 is 0 Å². The molecular formula is C15H22N4O. The second-order valence-electron chi connectivity index (χ2n) is 5.06. The first kappa shape index (κ1) is 14.5. The van der Waals surface area contributed by atoms with Crippen molar-refractivity contribution < 1.29 is 4.79 Å². The summed E-state index contributed by atoms with van der Waals surface area (Å²) in [6.07, 6.45) is 12.6. The fourth-order valence-electron chi connectivity index (χ4n) is 2.23. The van der Waals surface area contributed by atoms with E-state index in [1.54, 1.807) is 18.5 Å². The van der Waals surface area contributed by atoms with Gasteiger partial charge >= 0.3 is 0 Å². The van der Waals surface area contributed by atoms with Crippen LogP contribution in [0.1, 0.15) is 32.1 Å². The highest BCUT2D eigenvalue weighted by molar-refractivity contribution is 5.75. The zero-order chi connectivity index (χ0) is 14.0. The van der Waals surface area contributed by atoms with Crippen molar-refractivity contribution in [1.29, 1.82) is 0 Å². The largest absolute Gasteiger partial charge is 0.356 e. The molecule has 0 radical (unpaired) electrons. The van der Waals surface area contributed by atoms with Crippen molar-refractivity contribution in [2.24, 2.45) is 5.92 Å². The number of amides is 1. The van der Waals surface area contributed by atoms with E-state index in [1.807, 2.05) is 0 Å². The third kappa shape index (κ3) is 5.38. The number of carbonyl (C=O) groups excluding carboxylic acids is 1. The van der Waals surface area contributed by atoms with Gasteiger partial charge in [0.2, 0.25) is 11.9 Å². The van der Waals surface area contributed by atoms with E-state index in [1.165, 1.54) is 6.42 Å². The van der Waals surface area contributed by atoms with Gasteiger partial charge in [0.1, 0.15) is 0 Å². The Hall–Kier alpha value is -1.91. The highest BCUT2D eigenvalue weighted by atomic mass is 16.1. The van der Waals surface area contributed by atoms with Gasteiger partial charge in [-0.3, -0.25) is 4.79 Å². The highest BCUT2D eigenvalue weighted by Gasteiger charge is 2.10. The lowest BCUT2D eigenvalue weighted by molar-refractivity contribution is -0.121. The molecule has 1 atom stereocenters. The van der Waals surface area contributed by atoms with Crippen LogP contribution in [0.2, 0.25) is 0 Å². The summed E-state index contributed by atoms with van der Waals surface area (Å²) in [7, 11) is 0. The molecule has 0 unspecified atom stereocenters. The molecule has 1 aliphatic rings. The first-order valence-corrected chi connectivity index (χ1v) is 7.27. The minimum absolute atomic E-state index is 0.135. The molecule has 1 heterocycles. The minimum Gasteiger partial charge on any atom is -0.356 e. The lowest BCUT2D eigenvalue weighted by Gasteiger charge is -2.18. The Balaban J connectivity index is 1.53. The standard InChI is InChI=1S/C15H22N4O/c20-14(19-12-13-6-2-1-3-7-13)8-4-9-16-15-17-10-5-11-18-15/h1-2,5,10-11,13H,3-4,6-9,12H2,(H,19,20)(H,16,17,18)/t13-/m0/s1. The predicted molar refractivity (Wildman–Crippen MR) is 79.2 cm³/mol. The number of hydrogen-bond donors (Lipinski definition) is 2. The monoisotopic (exact) mass is 274 g/mol.